The third kappa shape index (κ3) is 3.95. The van der Waals surface area contributed by atoms with E-state index in [1.165, 1.54) is 4.90 Å². The van der Waals surface area contributed by atoms with Gasteiger partial charge < -0.3 is 14.7 Å². The normalized spacial score (nSPS) is 18.2. The molecule has 7 nitrogen and oxygen atoms in total. The van der Waals surface area contributed by atoms with Gasteiger partial charge in [0.25, 0.3) is 11.8 Å². The van der Waals surface area contributed by atoms with Crippen LogP contribution in [-0.4, -0.2) is 84.1 Å². The predicted octanol–water partition coefficient (Wildman–Crippen LogP) is 0.961. The van der Waals surface area contributed by atoms with E-state index in [-0.39, 0.29) is 25.0 Å². The van der Waals surface area contributed by atoms with E-state index in [1.807, 2.05) is 36.1 Å². The first-order valence-electron chi connectivity index (χ1n) is 9.63. The van der Waals surface area contributed by atoms with Gasteiger partial charge >= 0.3 is 0 Å². The molecule has 0 bridgehead atoms. The molecule has 2 heterocycles. The summed E-state index contributed by atoms with van der Waals surface area (Å²) in [5, 5.41) is 9.13. The van der Waals surface area contributed by atoms with Gasteiger partial charge in [0.2, 0.25) is 0 Å². The van der Waals surface area contributed by atoms with Crippen LogP contribution < -0.4 is 4.74 Å². The fraction of sp³-hybridized carbons (Fsp3) is 0.429. The van der Waals surface area contributed by atoms with Gasteiger partial charge in [-0.1, -0.05) is 18.2 Å². The summed E-state index contributed by atoms with van der Waals surface area (Å²) in [7, 11) is 0. The van der Waals surface area contributed by atoms with E-state index in [1.54, 1.807) is 6.08 Å². The first-order chi connectivity index (χ1) is 13.6. The van der Waals surface area contributed by atoms with E-state index in [2.05, 4.69) is 11.5 Å². The van der Waals surface area contributed by atoms with Gasteiger partial charge in [-0.2, -0.15) is 0 Å². The SMILES string of the molecule is C=CCN1C(=O)C(c2ccc(OCC)cc2)=C(N2CCN(CCO)CC2)C1=O. The number of amides is 2. The van der Waals surface area contributed by atoms with Crippen LogP contribution >= 0.6 is 0 Å². The maximum absolute atomic E-state index is 13.0. The summed E-state index contributed by atoms with van der Waals surface area (Å²) >= 11 is 0. The van der Waals surface area contributed by atoms with Gasteiger partial charge in [0.15, 0.2) is 0 Å². The van der Waals surface area contributed by atoms with Gasteiger partial charge in [0.1, 0.15) is 11.4 Å². The summed E-state index contributed by atoms with van der Waals surface area (Å²) in [6.07, 6.45) is 1.56. The van der Waals surface area contributed by atoms with Crippen LogP contribution in [0.25, 0.3) is 5.57 Å². The van der Waals surface area contributed by atoms with Crippen LogP contribution in [0.1, 0.15) is 12.5 Å². The lowest BCUT2D eigenvalue weighted by Gasteiger charge is -2.36. The summed E-state index contributed by atoms with van der Waals surface area (Å²) in [6, 6.07) is 7.28. The van der Waals surface area contributed by atoms with Crippen molar-refractivity contribution < 1.29 is 19.4 Å². The highest BCUT2D eigenvalue weighted by molar-refractivity contribution is 6.35. The van der Waals surface area contributed by atoms with Gasteiger partial charge in [-0.15, -0.1) is 6.58 Å². The van der Waals surface area contributed by atoms with E-state index in [9.17, 15) is 9.59 Å². The van der Waals surface area contributed by atoms with Crippen LogP contribution in [-0.2, 0) is 9.59 Å². The summed E-state index contributed by atoms with van der Waals surface area (Å²) in [5.41, 5.74) is 1.60. The lowest BCUT2D eigenvalue weighted by molar-refractivity contribution is -0.137. The Labute approximate surface area is 165 Å². The molecule has 28 heavy (non-hydrogen) atoms. The van der Waals surface area contributed by atoms with Crippen LogP contribution in [0, 0.1) is 0 Å². The second-order valence-corrected chi connectivity index (χ2v) is 6.74. The molecular formula is C21H27N3O4. The first-order valence-corrected chi connectivity index (χ1v) is 9.63. The van der Waals surface area contributed by atoms with Crippen LogP contribution in [0.3, 0.4) is 0 Å². The first kappa shape index (κ1) is 20.1. The Morgan fingerprint density at radius 2 is 1.79 bits per heavy atom. The second kappa shape index (κ2) is 9.03. The third-order valence-corrected chi connectivity index (χ3v) is 5.01. The number of imide groups is 1. The molecule has 1 aromatic rings. The zero-order chi connectivity index (χ0) is 20.1. The zero-order valence-corrected chi connectivity index (χ0v) is 16.3. The number of nitrogens with zero attached hydrogens (tertiary/aromatic N) is 3. The number of hydrogen-bond acceptors (Lipinski definition) is 6. The summed E-state index contributed by atoms with van der Waals surface area (Å²) in [5.74, 6) is 0.164. The van der Waals surface area contributed by atoms with Gasteiger partial charge in [-0.3, -0.25) is 19.4 Å². The minimum Gasteiger partial charge on any atom is -0.494 e. The van der Waals surface area contributed by atoms with E-state index < -0.39 is 0 Å². The monoisotopic (exact) mass is 385 g/mol. The number of hydrogen-bond donors (Lipinski definition) is 1. The van der Waals surface area contributed by atoms with Gasteiger partial charge in [-0.05, 0) is 24.6 Å². The molecular weight excluding hydrogens is 358 g/mol. The van der Waals surface area contributed by atoms with Crippen molar-refractivity contribution in [2.75, 3.05) is 52.5 Å². The quantitative estimate of drug-likeness (QED) is 0.531. The number of carbonyl (C=O) groups excluding carboxylic acids is 2. The van der Waals surface area contributed by atoms with Gasteiger partial charge in [-0.25, -0.2) is 0 Å². The maximum atomic E-state index is 13.0. The Bertz CT molecular complexity index is 764. The number of aliphatic hydroxyl groups excluding tert-OH is 1. The molecule has 0 spiro atoms. The highest BCUT2D eigenvalue weighted by atomic mass is 16.5. The van der Waals surface area contributed by atoms with Crippen LogP contribution in [0.15, 0.2) is 42.6 Å². The number of ether oxygens (including phenoxy) is 1. The maximum Gasteiger partial charge on any atom is 0.278 e. The Morgan fingerprint density at radius 1 is 1.11 bits per heavy atom. The van der Waals surface area contributed by atoms with Crippen molar-refractivity contribution in [3.05, 3.63) is 48.2 Å². The van der Waals surface area contributed by atoms with Crippen molar-refractivity contribution in [3.8, 4) is 5.75 Å². The number of benzene rings is 1. The molecule has 7 heteroatoms. The average molecular weight is 385 g/mol. The Balaban J connectivity index is 1.93. The molecule has 0 aliphatic carbocycles. The van der Waals surface area contributed by atoms with Crippen LogP contribution in [0.5, 0.6) is 5.75 Å². The van der Waals surface area contributed by atoms with Crippen molar-refractivity contribution >= 4 is 17.4 Å². The Morgan fingerprint density at radius 3 is 2.36 bits per heavy atom. The van der Waals surface area contributed by atoms with Crippen molar-refractivity contribution in [2.45, 2.75) is 6.92 Å². The lowest BCUT2D eigenvalue weighted by Crippen LogP contribution is -2.48. The smallest absolute Gasteiger partial charge is 0.278 e. The van der Waals surface area contributed by atoms with Crippen molar-refractivity contribution in [1.29, 1.82) is 0 Å². The molecule has 1 aromatic carbocycles. The van der Waals surface area contributed by atoms with Crippen molar-refractivity contribution in [1.82, 2.24) is 14.7 Å². The molecule has 2 aliphatic heterocycles. The molecule has 0 saturated carbocycles. The molecule has 1 saturated heterocycles. The average Bonchev–Trinajstić information content (AvgIpc) is 2.95. The topological polar surface area (TPSA) is 73.3 Å². The molecule has 2 aliphatic rings. The van der Waals surface area contributed by atoms with E-state index in [0.717, 1.165) is 18.8 Å². The Kier molecular flexibility index (Phi) is 6.49. The summed E-state index contributed by atoms with van der Waals surface area (Å²) in [4.78, 5) is 31.5. The fourth-order valence-corrected chi connectivity index (χ4v) is 3.63. The zero-order valence-electron chi connectivity index (χ0n) is 16.3. The minimum absolute atomic E-state index is 0.116. The number of rotatable bonds is 8. The molecule has 3 rings (SSSR count). The molecule has 0 aromatic heterocycles. The highest BCUT2D eigenvalue weighted by Gasteiger charge is 2.41. The van der Waals surface area contributed by atoms with Crippen LogP contribution in [0.2, 0.25) is 0 Å². The minimum atomic E-state index is -0.290. The van der Waals surface area contributed by atoms with E-state index in [4.69, 9.17) is 9.84 Å². The number of β-amino-alcohol motifs (C(OH)–C–C–N with tert-alkyl or cyclic N) is 1. The lowest BCUT2D eigenvalue weighted by atomic mass is 10.0. The standard InChI is InChI=1S/C21H27N3O4/c1-3-9-24-20(26)18(16-5-7-17(8-6-16)28-4-2)19(21(24)27)23-12-10-22(11-13-23)14-15-25/h3,5-8,25H,1,4,9-15H2,2H3. The molecule has 150 valence electrons. The largest absolute Gasteiger partial charge is 0.494 e. The molecule has 1 N–H and O–H groups in total. The summed E-state index contributed by atoms with van der Waals surface area (Å²) in [6.45, 7) is 9.82. The molecule has 0 radical (unpaired) electrons. The predicted molar refractivity (Wildman–Crippen MR) is 107 cm³/mol. The third-order valence-electron chi connectivity index (χ3n) is 5.01. The summed E-state index contributed by atoms with van der Waals surface area (Å²) < 4.78 is 5.48. The number of piperazine rings is 1. The highest BCUT2D eigenvalue weighted by Crippen LogP contribution is 2.33. The molecule has 0 atom stereocenters. The Hall–Kier alpha value is -2.64. The molecule has 1 fully saturated rings. The van der Waals surface area contributed by atoms with E-state index >= 15 is 0 Å². The van der Waals surface area contributed by atoms with E-state index in [0.29, 0.717) is 43.1 Å². The van der Waals surface area contributed by atoms with Crippen molar-refractivity contribution in [3.63, 3.8) is 0 Å². The molecule has 2 amide bonds. The van der Waals surface area contributed by atoms with Gasteiger partial charge in [0, 0.05) is 39.3 Å². The van der Waals surface area contributed by atoms with Gasteiger partial charge in [0.05, 0.1) is 18.8 Å². The second-order valence-electron chi connectivity index (χ2n) is 6.74. The van der Waals surface area contributed by atoms with Crippen molar-refractivity contribution in [2.24, 2.45) is 0 Å². The van der Waals surface area contributed by atoms with Crippen LogP contribution in [0.4, 0.5) is 0 Å². The fourth-order valence-electron chi connectivity index (χ4n) is 3.63. The number of carbonyl (C=O) groups is 2. The number of aliphatic hydroxyl groups is 1. The molecule has 0 unspecified atom stereocenters.